The summed E-state index contributed by atoms with van der Waals surface area (Å²) in [5, 5.41) is 23.3. The standard InChI is InChI=1S/C14H20BNO5S/c1-3-5-12(15(20)21-10(2)8-14(18)19)16-13(17)9-11-6-4-7-22-11/h3-4,6-7,10,12,20H,1,5,8-9H2,2H3,(H,16,17)(H,18,19)/t10-,12-/m0/s1. The first-order chi connectivity index (χ1) is 10.4. The molecule has 8 heteroatoms. The number of hydrogen-bond donors (Lipinski definition) is 3. The van der Waals surface area contributed by atoms with Crippen LogP contribution in [0.2, 0.25) is 0 Å². The number of carboxylic acids is 1. The van der Waals surface area contributed by atoms with Crippen LogP contribution in [-0.2, 0) is 20.7 Å². The van der Waals surface area contributed by atoms with Crippen LogP contribution in [0, 0.1) is 0 Å². The predicted molar refractivity (Wildman–Crippen MR) is 85.5 cm³/mol. The molecule has 2 atom stereocenters. The molecule has 0 aromatic carbocycles. The van der Waals surface area contributed by atoms with Gasteiger partial charge in [0.05, 0.1) is 24.9 Å². The summed E-state index contributed by atoms with van der Waals surface area (Å²) in [4.78, 5) is 23.5. The van der Waals surface area contributed by atoms with Crippen LogP contribution in [0.5, 0.6) is 0 Å². The maximum absolute atomic E-state index is 12.0. The van der Waals surface area contributed by atoms with Gasteiger partial charge in [-0.25, -0.2) is 0 Å². The Bertz CT molecular complexity index is 493. The van der Waals surface area contributed by atoms with E-state index in [1.165, 1.54) is 11.3 Å². The molecule has 3 N–H and O–H groups in total. The van der Waals surface area contributed by atoms with E-state index in [9.17, 15) is 14.6 Å². The summed E-state index contributed by atoms with van der Waals surface area (Å²) < 4.78 is 5.23. The molecule has 0 bridgehead atoms. The molecule has 0 radical (unpaired) electrons. The van der Waals surface area contributed by atoms with E-state index in [1.54, 1.807) is 13.0 Å². The fourth-order valence-corrected chi connectivity index (χ4v) is 2.59. The van der Waals surface area contributed by atoms with Crippen molar-refractivity contribution in [1.82, 2.24) is 5.32 Å². The fourth-order valence-electron chi connectivity index (χ4n) is 1.88. The third-order valence-electron chi connectivity index (χ3n) is 2.86. The van der Waals surface area contributed by atoms with E-state index in [0.29, 0.717) is 6.42 Å². The molecule has 0 aliphatic heterocycles. The number of carbonyl (C=O) groups excluding carboxylic acids is 1. The van der Waals surface area contributed by atoms with Gasteiger partial charge in [0.2, 0.25) is 5.91 Å². The predicted octanol–water partition coefficient (Wildman–Crippen LogP) is 1.25. The molecular weight excluding hydrogens is 305 g/mol. The van der Waals surface area contributed by atoms with Gasteiger partial charge in [0.15, 0.2) is 0 Å². The topological polar surface area (TPSA) is 95.9 Å². The van der Waals surface area contributed by atoms with Crippen LogP contribution in [0.25, 0.3) is 0 Å². The molecule has 0 aliphatic rings. The fraction of sp³-hybridized carbons (Fsp3) is 0.429. The van der Waals surface area contributed by atoms with Crippen LogP contribution in [0.1, 0.15) is 24.6 Å². The van der Waals surface area contributed by atoms with Gasteiger partial charge in [-0.05, 0) is 24.8 Å². The van der Waals surface area contributed by atoms with Crippen molar-refractivity contribution in [3.63, 3.8) is 0 Å². The molecule has 0 spiro atoms. The SMILES string of the molecule is C=CC[C@H](NC(=O)Cc1cccs1)B(O)O[C@@H](C)CC(=O)O. The van der Waals surface area contributed by atoms with Crippen LogP contribution >= 0.6 is 11.3 Å². The highest BCUT2D eigenvalue weighted by Crippen LogP contribution is 2.10. The average molecular weight is 325 g/mol. The van der Waals surface area contributed by atoms with E-state index in [4.69, 9.17) is 9.76 Å². The van der Waals surface area contributed by atoms with E-state index < -0.39 is 25.1 Å². The number of carbonyl (C=O) groups is 2. The van der Waals surface area contributed by atoms with Gasteiger partial charge in [0, 0.05) is 4.88 Å². The van der Waals surface area contributed by atoms with Gasteiger partial charge >= 0.3 is 13.1 Å². The number of aliphatic carboxylic acids is 1. The molecule has 1 aromatic heterocycles. The van der Waals surface area contributed by atoms with Gasteiger partial charge in [0.1, 0.15) is 0 Å². The van der Waals surface area contributed by atoms with E-state index in [0.717, 1.165) is 4.88 Å². The van der Waals surface area contributed by atoms with Gasteiger partial charge in [-0.1, -0.05) is 12.1 Å². The Morgan fingerprint density at radius 2 is 2.32 bits per heavy atom. The Labute approximate surface area is 133 Å². The molecule has 1 rings (SSSR count). The number of carboxylic acid groups (broad SMARTS) is 1. The van der Waals surface area contributed by atoms with E-state index in [2.05, 4.69) is 11.9 Å². The van der Waals surface area contributed by atoms with Gasteiger partial charge in [0.25, 0.3) is 0 Å². The molecule has 0 saturated carbocycles. The minimum Gasteiger partial charge on any atom is -0.481 e. The Morgan fingerprint density at radius 1 is 1.59 bits per heavy atom. The summed E-state index contributed by atoms with van der Waals surface area (Å²) >= 11 is 1.48. The zero-order valence-electron chi connectivity index (χ0n) is 12.4. The minimum atomic E-state index is -1.29. The first-order valence-electron chi connectivity index (χ1n) is 6.90. The van der Waals surface area contributed by atoms with Crippen LogP contribution in [0.3, 0.4) is 0 Å². The first-order valence-corrected chi connectivity index (χ1v) is 7.78. The lowest BCUT2D eigenvalue weighted by molar-refractivity contribution is -0.138. The molecule has 0 unspecified atom stereocenters. The first kappa shape index (κ1) is 18.4. The number of rotatable bonds is 10. The van der Waals surface area contributed by atoms with Crippen molar-refractivity contribution in [2.24, 2.45) is 0 Å². The molecule has 1 amide bonds. The van der Waals surface area contributed by atoms with E-state index in [-0.39, 0.29) is 18.7 Å². The number of amides is 1. The highest BCUT2D eigenvalue weighted by Gasteiger charge is 2.29. The summed E-state index contributed by atoms with van der Waals surface area (Å²) in [6, 6.07) is 3.72. The van der Waals surface area contributed by atoms with Crippen molar-refractivity contribution < 1.29 is 24.4 Å². The average Bonchev–Trinajstić information content (AvgIpc) is 2.89. The van der Waals surface area contributed by atoms with Gasteiger partial charge < -0.3 is 20.1 Å². The third kappa shape index (κ3) is 6.88. The molecule has 1 aromatic rings. The normalized spacial score (nSPS) is 13.2. The second-order valence-electron chi connectivity index (χ2n) is 4.89. The van der Waals surface area contributed by atoms with Crippen LogP contribution in [-0.4, -0.2) is 41.2 Å². The third-order valence-corrected chi connectivity index (χ3v) is 3.74. The zero-order chi connectivity index (χ0) is 16.5. The van der Waals surface area contributed by atoms with Crippen molar-refractivity contribution in [2.45, 2.75) is 38.2 Å². The number of hydrogen-bond acceptors (Lipinski definition) is 5. The van der Waals surface area contributed by atoms with Crippen molar-refractivity contribution in [1.29, 1.82) is 0 Å². The summed E-state index contributed by atoms with van der Waals surface area (Å²) in [5.41, 5.74) is 0. The molecule has 0 saturated heterocycles. The monoisotopic (exact) mass is 325 g/mol. The highest BCUT2D eigenvalue weighted by atomic mass is 32.1. The second kappa shape index (κ2) is 9.40. The molecule has 6 nitrogen and oxygen atoms in total. The molecule has 0 aliphatic carbocycles. The van der Waals surface area contributed by atoms with Crippen LogP contribution in [0.15, 0.2) is 30.2 Å². The largest absolute Gasteiger partial charge is 0.481 e. The van der Waals surface area contributed by atoms with Crippen molar-refractivity contribution in [2.75, 3.05) is 0 Å². The van der Waals surface area contributed by atoms with E-state index >= 15 is 0 Å². The smallest absolute Gasteiger partial charge is 0.478 e. The van der Waals surface area contributed by atoms with Gasteiger partial charge in [-0.15, -0.1) is 17.9 Å². The van der Waals surface area contributed by atoms with Crippen molar-refractivity contribution >= 4 is 30.3 Å². The van der Waals surface area contributed by atoms with Crippen molar-refractivity contribution in [3.8, 4) is 0 Å². The number of nitrogens with one attached hydrogen (secondary N) is 1. The van der Waals surface area contributed by atoms with Crippen LogP contribution < -0.4 is 5.32 Å². The lowest BCUT2D eigenvalue weighted by atomic mass is 9.76. The minimum absolute atomic E-state index is 0.221. The lowest BCUT2D eigenvalue weighted by Crippen LogP contribution is -2.49. The summed E-state index contributed by atoms with van der Waals surface area (Å²) in [7, 11) is -1.29. The molecule has 0 fully saturated rings. The highest BCUT2D eigenvalue weighted by molar-refractivity contribution is 7.10. The van der Waals surface area contributed by atoms with E-state index in [1.807, 2.05) is 17.5 Å². The Morgan fingerprint density at radius 3 is 2.86 bits per heavy atom. The summed E-state index contributed by atoms with van der Waals surface area (Å²) in [6.45, 7) is 5.13. The maximum atomic E-state index is 12.0. The Balaban J connectivity index is 2.53. The van der Waals surface area contributed by atoms with Crippen molar-refractivity contribution in [3.05, 3.63) is 35.0 Å². The lowest BCUT2D eigenvalue weighted by Gasteiger charge is -2.22. The van der Waals surface area contributed by atoms with Gasteiger partial charge in [-0.3, -0.25) is 9.59 Å². The summed E-state index contributed by atoms with van der Waals surface area (Å²) in [5.74, 6) is -1.91. The Kier molecular flexibility index (Phi) is 7.86. The molecule has 120 valence electrons. The molecule has 22 heavy (non-hydrogen) atoms. The molecule has 1 heterocycles. The van der Waals surface area contributed by atoms with Gasteiger partial charge in [-0.2, -0.15) is 0 Å². The zero-order valence-corrected chi connectivity index (χ0v) is 13.2. The van der Waals surface area contributed by atoms with Crippen LogP contribution in [0.4, 0.5) is 0 Å². The summed E-state index contributed by atoms with van der Waals surface area (Å²) in [6.07, 6.45) is 1.22. The quantitative estimate of drug-likeness (QED) is 0.444. The Hall–Kier alpha value is -1.64. The number of thiophene rings is 1. The molecular formula is C14H20BNO5S. The maximum Gasteiger partial charge on any atom is 0.478 e. The second-order valence-corrected chi connectivity index (χ2v) is 5.92.